The summed E-state index contributed by atoms with van der Waals surface area (Å²) >= 11 is 0. The molecule has 2 rings (SSSR count). The monoisotopic (exact) mass is 256 g/mol. The van der Waals surface area contributed by atoms with Gasteiger partial charge in [-0.05, 0) is 24.3 Å². The third-order valence-electron chi connectivity index (χ3n) is 2.04. The van der Waals surface area contributed by atoms with Crippen LogP contribution >= 0.6 is 0 Å². The van der Waals surface area contributed by atoms with Gasteiger partial charge in [0.15, 0.2) is 11.6 Å². The Morgan fingerprint density at radius 3 is 2.56 bits per heavy atom. The summed E-state index contributed by atoms with van der Waals surface area (Å²) in [6, 6.07) is 9.04. The topological polar surface area (TPSA) is 22.1 Å². The van der Waals surface area contributed by atoms with Crippen LogP contribution in [-0.4, -0.2) is 11.3 Å². The zero-order valence-electron chi connectivity index (χ0n) is 8.83. The molecule has 6 heteroatoms. The normalized spacial score (nSPS) is 11.3. The maximum absolute atomic E-state index is 13.4. The lowest BCUT2D eigenvalue weighted by atomic mass is 10.1. The van der Waals surface area contributed by atoms with Gasteiger partial charge in [0.25, 0.3) is 0 Å². The van der Waals surface area contributed by atoms with Gasteiger partial charge in [-0.2, -0.15) is 0 Å². The van der Waals surface area contributed by atoms with Crippen LogP contribution in [0.2, 0.25) is 0 Å². The number of alkyl halides is 3. The molecule has 0 saturated carbocycles. The lowest BCUT2D eigenvalue weighted by Crippen LogP contribution is -2.17. The molecule has 2 aromatic rings. The van der Waals surface area contributed by atoms with E-state index in [-0.39, 0.29) is 0 Å². The van der Waals surface area contributed by atoms with E-state index in [0.29, 0.717) is 11.3 Å². The van der Waals surface area contributed by atoms with Gasteiger partial charge in [0.1, 0.15) is 0 Å². The first-order valence-electron chi connectivity index (χ1n) is 4.84. The Labute approximate surface area is 99.8 Å². The molecule has 1 aromatic carbocycles. The van der Waals surface area contributed by atoms with E-state index in [2.05, 4.69) is 15.8 Å². The van der Waals surface area contributed by atoms with E-state index in [1.54, 1.807) is 12.1 Å². The van der Waals surface area contributed by atoms with Gasteiger partial charge in [-0.15, -0.1) is 13.2 Å². The molecule has 0 saturated heterocycles. The number of aromatic nitrogens is 1. The first-order valence-corrected chi connectivity index (χ1v) is 4.84. The van der Waals surface area contributed by atoms with Crippen molar-refractivity contribution in [1.82, 2.24) is 4.98 Å². The number of ether oxygens (including phenoxy) is 1. The molecule has 18 heavy (non-hydrogen) atoms. The second-order valence-corrected chi connectivity index (χ2v) is 3.32. The highest BCUT2D eigenvalue weighted by Gasteiger charge is 2.32. The van der Waals surface area contributed by atoms with E-state index in [0.717, 1.165) is 12.1 Å². The van der Waals surface area contributed by atoms with Crippen LogP contribution in [0.25, 0.3) is 11.3 Å². The minimum absolute atomic E-state index is 0.322. The molecule has 0 aliphatic carbocycles. The van der Waals surface area contributed by atoms with Gasteiger partial charge in [0.2, 0.25) is 0 Å². The maximum Gasteiger partial charge on any atom is 0.573 e. The summed E-state index contributed by atoms with van der Waals surface area (Å²) in [6.45, 7) is 0. The molecule has 1 aromatic heterocycles. The van der Waals surface area contributed by atoms with E-state index in [4.69, 9.17) is 0 Å². The molecule has 0 atom stereocenters. The molecule has 0 fully saturated rings. The van der Waals surface area contributed by atoms with Crippen LogP contribution in [-0.2, 0) is 0 Å². The highest BCUT2D eigenvalue weighted by atomic mass is 19.4. The Bertz CT molecular complexity index is 540. The summed E-state index contributed by atoms with van der Waals surface area (Å²) in [7, 11) is 0. The van der Waals surface area contributed by atoms with Crippen LogP contribution in [0.15, 0.2) is 36.5 Å². The van der Waals surface area contributed by atoms with Crippen molar-refractivity contribution in [3.05, 3.63) is 48.4 Å². The molecule has 93 valence electrons. The number of nitrogens with zero attached hydrogens (tertiary/aromatic N) is 1. The molecule has 0 amide bonds. The van der Waals surface area contributed by atoms with E-state index in [1.807, 2.05) is 0 Å². The lowest BCUT2D eigenvalue weighted by Gasteiger charge is -2.10. The van der Waals surface area contributed by atoms with Crippen LogP contribution in [0.3, 0.4) is 0 Å². The molecule has 0 aliphatic heterocycles. The Balaban J connectivity index is 2.31. The second kappa shape index (κ2) is 4.64. The van der Waals surface area contributed by atoms with Crippen LogP contribution in [0.5, 0.6) is 5.75 Å². The fraction of sp³-hybridized carbons (Fsp3) is 0.0833. The highest BCUT2D eigenvalue weighted by molar-refractivity contribution is 5.59. The van der Waals surface area contributed by atoms with Gasteiger partial charge < -0.3 is 4.74 Å². The van der Waals surface area contributed by atoms with Crippen LogP contribution < -0.4 is 4.74 Å². The number of halogens is 4. The van der Waals surface area contributed by atoms with Crippen molar-refractivity contribution in [2.75, 3.05) is 0 Å². The van der Waals surface area contributed by atoms with Crippen molar-refractivity contribution in [3.63, 3.8) is 0 Å². The van der Waals surface area contributed by atoms with Crippen molar-refractivity contribution in [3.8, 4) is 17.0 Å². The van der Waals surface area contributed by atoms with Gasteiger partial charge in [-0.3, -0.25) is 4.98 Å². The number of hydrogen-bond donors (Lipinski definition) is 0. The Morgan fingerprint density at radius 2 is 2.00 bits per heavy atom. The first-order chi connectivity index (χ1) is 8.46. The molecule has 0 unspecified atom stereocenters. The first kappa shape index (κ1) is 12.3. The number of hydrogen-bond acceptors (Lipinski definition) is 2. The molecule has 2 nitrogen and oxygen atoms in total. The van der Waals surface area contributed by atoms with Crippen LogP contribution in [0.1, 0.15) is 0 Å². The van der Waals surface area contributed by atoms with E-state index >= 15 is 0 Å². The lowest BCUT2D eigenvalue weighted by molar-refractivity contribution is -0.275. The van der Waals surface area contributed by atoms with Crippen LogP contribution in [0, 0.1) is 11.9 Å². The van der Waals surface area contributed by atoms with Crippen LogP contribution in [0.4, 0.5) is 17.6 Å². The van der Waals surface area contributed by atoms with E-state index in [1.165, 1.54) is 12.3 Å². The summed E-state index contributed by atoms with van der Waals surface area (Å²) in [6.07, 6.45) is -3.44. The van der Waals surface area contributed by atoms with Crippen molar-refractivity contribution in [2.24, 2.45) is 0 Å². The van der Waals surface area contributed by atoms with Gasteiger partial charge in [-0.25, -0.2) is 4.39 Å². The van der Waals surface area contributed by atoms with E-state index < -0.39 is 17.9 Å². The summed E-state index contributed by atoms with van der Waals surface area (Å²) in [5, 5.41) is 0. The molecule has 1 heterocycles. The van der Waals surface area contributed by atoms with E-state index in [9.17, 15) is 17.6 Å². The third kappa shape index (κ3) is 2.97. The standard InChI is InChI=1S/C12H6F4NO/c13-9-7-8(10-3-1-2-6-17-10)4-5-11(9)18-12(14,15)16/h1-2,4-7H. The fourth-order valence-electron chi connectivity index (χ4n) is 1.34. The maximum atomic E-state index is 13.4. The number of pyridine rings is 1. The summed E-state index contributed by atoms with van der Waals surface area (Å²) in [5.41, 5.74) is 0.664. The predicted molar refractivity (Wildman–Crippen MR) is 55.2 cm³/mol. The van der Waals surface area contributed by atoms with Gasteiger partial charge >= 0.3 is 6.36 Å². The fourth-order valence-corrected chi connectivity index (χ4v) is 1.34. The quantitative estimate of drug-likeness (QED) is 0.766. The molecule has 0 aliphatic rings. The smallest absolute Gasteiger partial charge is 0.403 e. The summed E-state index contributed by atoms with van der Waals surface area (Å²) in [5.74, 6) is -1.98. The molecule has 0 N–H and O–H groups in total. The predicted octanol–water partition coefficient (Wildman–Crippen LogP) is 3.59. The average Bonchev–Trinajstić information content (AvgIpc) is 2.31. The van der Waals surface area contributed by atoms with Crippen molar-refractivity contribution < 1.29 is 22.3 Å². The highest BCUT2D eigenvalue weighted by Crippen LogP contribution is 2.28. The zero-order valence-corrected chi connectivity index (χ0v) is 8.83. The van der Waals surface area contributed by atoms with Crippen molar-refractivity contribution in [2.45, 2.75) is 6.36 Å². The minimum atomic E-state index is -4.92. The van der Waals surface area contributed by atoms with Crippen molar-refractivity contribution >= 4 is 0 Å². The summed E-state index contributed by atoms with van der Waals surface area (Å²) < 4.78 is 52.7. The molecule has 1 radical (unpaired) electrons. The second-order valence-electron chi connectivity index (χ2n) is 3.32. The van der Waals surface area contributed by atoms with Gasteiger partial charge in [-0.1, -0.05) is 6.07 Å². The van der Waals surface area contributed by atoms with Gasteiger partial charge in [0, 0.05) is 17.8 Å². The SMILES string of the molecule is Fc1cc(-c2[c]cccn2)ccc1OC(F)(F)F. The Hall–Kier alpha value is -2.11. The van der Waals surface area contributed by atoms with Crippen molar-refractivity contribution in [1.29, 1.82) is 0 Å². The molecular formula is C12H6F4NO. The Kier molecular flexibility index (Phi) is 3.18. The third-order valence-corrected chi connectivity index (χ3v) is 2.04. The number of rotatable bonds is 2. The Morgan fingerprint density at radius 1 is 1.22 bits per heavy atom. The van der Waals surface area contributed by atoms with Gasteiger partial charge in [0.05, 0.1) is 5.69 Å². The average molecular weight is 256 g/mol. The molecule has 0 spiro atoms. The minimum Gasteiger partial charge on any atom is -0.403 e. The molecular weight excluding hydrogens is 250 g/mol. The molecule has 0 bridgehead atoms. The zero-order chi connectivity index (χ0) is 13.2. The number of benzene rings is 1. The largest absolute Gasteiger partial charge is 0.573 e. The summed E-state index contributed by atoms with van der Waals surface area (Å²) in [4.78, 5) is 3.91.